The van der Waals surface area contributed by atoms with Crippen LogP contribution in [0.3, 0.4) is 0 Å². The van der Waals surface area contributed by atoms with Gasteiger partial charge in [0.05, 0.1) is 12.0 Å². The fourth-order valence-corrected chi connectivity index (χ4v) is 6.93. The first kappa shape index (κ1) is 20.2. The van der Waals surface area contributed by atoms with Crippen LogP contribution in [0.1, 0.15) is 13.8 Å². The summed E-state index contributed by atoms with van der Waals surface area (Å²) >= 11 is 3.54. The number of carboxylic acids is 2. The van der Waals surface area contributed by atoms with Gasteiger partial charge in [0.1, 0.15) is 11.5 Å². The van der Waals surface area contributed by atoms with Gasteiger partial charge in [-0.1, -0.05) is 6.92 Å². The van der Waals surface area contributed by atoms with Crippen LogP contribution in [0, 0.1) is 11.8 Å². The van der Waals surface area contributed by atoms with Gasteiger partial charge in [-0.15, -0.1) is 23.5 Å². The summed E-state index contributed by atoms with van der Waals surface area (Å²) in [5, 5.41) is 35.5. The Labute approximate surface area is 161 Å². The molecule has 3 heterocycles. The molecule has 0 aliphatic carbocycles. The van der Waals surface area contributed by atoms with Crippen molar-refractivity contribution in [2.75, 3.05) is 25.4 Å². The van der Waals surface area contributed by atoms with Crippen LogP contribution in [0.15, 0.2) is 0 Å². The van der Waals surface area contributed by atoms with Gasteiger partial charge < -0.3 is 15.3 Å². The van der Waals surface area contributed by atoms with Crippen molar-refractivity contribution in [1.82, 2.24) is 15.5 Å². The predicted octanol–water partition coefficient (Wildman–Crippen LogP) is -0.465. The highest BCUT2D eigenvalue weighted by molar-refractivity contribution is 8.01. The van der Waals surface area contributed by atoms with Crippen LogP contribution < -0.4 is 10.6 Å². The molecule has 8 nitrogen and oxygen atoms in total. The second-order valence-electron chi connectivity index (χ2n) is 7.33. The summed E-state index contributed by atoms with van der Waals surface area (Å²) in [5.74, 6) is -2.13. The Morgan fingerprint density at radius 2 is 2.00 bits per heavy atom. The summed E-state index contributed by atoms with van der Waals surface area (Å²) in [7, 11) is 0. The average Bonchev–Trinajstić information content (AvgIpc) is 3.12. The maximum atomic E-state index is 11.7. The van der Waals surface area contributed by atoms with Gasteiger partial charge in [-0.3, -0.25) is 25.1 Å². The molecule has 0 unspecified atom stereocenters. The van der Waals surface area contributed by atoms with E-state index in [-0.39, 0.29) is 11.2 Å². The molecule has 3 saturated heterocycles. The number of carboxylic acid groups (broad SMARTS) is 2. The SMILES string of the molecule is C[C@@H]1[C@H]([C@H](C(=O)O)[C@@H](C)O)N[C@H](C(=O)O)[C@H]1SC1CN([C@@H]2NCCS2)C1. The number of likely N-dealkylation sites (tertiary alicyclic amines) is 1. The molecule has 0 spiro atoms. The second kappa shape index (κ2) is 8.24. The molecule has 3 fully saturated rings. The average molecular weight is 406 g/mol. The van der Waals surface area contributed by atoms with Crippen LogP contribution in [0.25, 0.3) is 0 Å². The zero-order valence-electron chi connectivity index (χ0n) is 14.9. The van der Waals surface area contributed by atoms with Crippen LogP contribution in [0.5, 0.6) is 0 Å². The summed E-state index contributed by atoms with van der Waals surface area (Å²) in [6.45, 7) is 6.18. The number of nitrogens with zero attached hydrogens (tertiary/aromatic N) is 1. The van der Waals surface area contributed by atoms with Crippen molar-refractivity contribution in [3.63, 3.8) is 0 Å². The molecule has 3 rings (SSSR count). The van der Waals surface area contributed by atoms with Crippen LogP contribution in [0.4, 0.5) is 0 Å². The van der Waals surface area contributed by atoms with Gasteiger partial charge >= 0.3 is 11.9 Å². The van der Waals surface area contributed by atoms with Gasteiger partial charge in [0.15, 0.2) is 0 Å². The van der Waals surface area contributed by atoms with Gasteiger partial charge in [-0.05, 0) is 12.8 Å². The van der Waals surface area contributed by atoms with Crippen molar-refractivity contribution in [2.45, 2.75) is 48.0 Å². The van der Waals surface area contributed by atoms with E-state index in [2.05, 4.69) is 15.5 Å². The van der Waals surface area contributed by atoms with Crippen LogP contribution in [-0.2, 0) is 9.59 Å². The lowest BCUT2D eigenvalue weighted by Gasteiger charge is -2.43. The zero-order chi connectivity index (χ0) is 19.0. The maximum Gasteiger partial charge on any atom is 0.321 e. The van der Waals surface area contributed by atoms with Gasteiger partial charge in [0.2, 0.25) is 0 Å². The Bertz CT molecular complexity index is 540. The lowest BCUT2D eigenvalue weighted by atomic mass is 9.87. The molecule has 3 aliphatic rings. The largest absolute Gasteiger partial charge is 0.481 e. The molecule has 148 valence electrons. The topological polar surface area (TPSA) is 122 Å². The molecule has 0 aromatic rings. The van der Waals surface area contributed by atoms with Gasteiger partial charge in [-0.25, -0.2) is 0 Å². The van der Waals surface area contributed by atoms with E-state index < -0.39 is 36.0 Å². The van der Waals surface area contributed by atoms with Gasteiger partial charge in [0, 0.05) is 41.9 Å². The van der Waals surface area contributed by atoms with Crippen molar-refractivity contribution in [3.05, 3.63) is 0 Å². The third-order valence-corrected chi connectivity index (χ3v) is 8.42. The highest BCUT2D eigenvalue weighted by Crippen LogP contribution is 2.40. The molecule has 26 heavy (non-hydrogen) atoms. The van der Waals surface area contributed by atoms with E-state index in [1.165, 1.54) is 6.92 Å². The van der Waals surface area contributed by atoms with Crippen molar-refractivity contribution < 1.29 is 24.9 Å². The van der Waals surface area contributed by atoms with Crippen molar-refractivity contribution >= 4 is 35.5 Å². The highest BCUT2D eigenvalue weighted by atomic mass is 32.2. The standard InChI is InChI=1S/C16H27N3O5S2/c1-7-11(10(8(2)20)14(21)22)18-12(15(23)24)13(7)26-9-5-19(6-9)16-17-3-4-25-16/h7-13,16-18,20H,3-6H2,1-2H3,(H,21,22)(H,23,24)/t7-,8-,10-,11-,12+,13+,16+/m1/s1. The lowest BCUT2D eigenvalue weighted by molar-refractivity contribution is -0.147. The lowest BCUT2D eigenvalue weighted by Crippen LogP contribution is -2.57. The number of aliphatic hydroxyl groups is 1. The third kappa shape index (κ3) is 4.00. The number of rotatable bonds is 7. The number of thioether (sulfide) groups is 2. The Morgan fingerprint density at radius 1 is 1.31 bits per heavy atom. The summed E-state index contributed by atoms with van der Waals surface area (Å²) in [4.78, 5) is 25.6. The molecule has 0 bridgehead atoms. The molecule has 0 amide bonds. The minimum absolute atomic E-state index is 0.162. The van der Waals surface area contributed by atoms with E-state index in [1.807, 2.05) is 18.7 Å². The predicted molar refractivity (Wildman–Crippen MR) is 101 cm³/mol. The summed E-state index contributed by atoms with van der Waals surface area (Å²) < 4.78 is 0. The Balaban J connectivity index is 1.63. The van der Waals surface area contributed by atoms with Crippen molar-refractivity contribution in [3.8, 4) is 0 Å². The first-order valence-corrected chi connectivity index (χ1v) is 10.9. The molecule has 5 N–H and O–H groups in total. The first-order valence-electron chi connectivity index (χ1n) is 8.93. The summed E-state index contributed by atoms with van der Waals surface area (Å²) in [5.41, 5.74) is 0.362. The van der Waals surface area contributed by atoms with E-state index in [1.54, 1.807) is 11.8 Å². The number of nitrogens with one attached hydrogen (secondary N) is 2. The monoisotopic (exact) mass is 405 g/mol. The molecular formula is C16H27N3O5S2. The third-order valence-electron chi connectivity index (χ3n) is 5.50. The fourth-order valence-electron chi connectivity index (χ4n) is 4.08. The number of aliphatic hydroxyl groups excluding tert-OH is 1. The number of hydrogen-bond acceptors (Lipinski definition) is 8. The molecule has 0 aromatic carbocycles. The molecule has 7 atom stereocenters. The molecule has 10 heteroatoms. The van der Waals surface area contributed by atoms with E-state index in [9.17, 15) is 24.9 Å². The molecule has 0 saturated carbocycles. The number of aliphatic carboxylic acids is 2. The first-order chi connectivity index (χ1) is 12.3. The summed E-state index contributed by atoms with van der Waals surface area (Å²) in [6, 6.07) is -1.36. The van der Waals surface area contributed by atoms with E-state index >= 15 is 0 Å². The number of carbonyl (C=O) groups is 2. The fraction of sp³-hybridized carbons (Fsp3) is 0.875. The minimum atomic E-state index is -1.10. The number of hydrogen-bond donors (Lipinski definition) is 5. The highest BCUT2D eigenvalue weighted by Gasteiger charge is 2.51. The minimum Gasteiger partial charge on any atom is -0.481 e. The molecule has 3 aliphatic heterocycles. The van der Waals surface area contributed by atoms with E-state index in [0.29, 0.717) is 10.7 Å². The zero-order valence-corrected chi connectivity index (χ0v) is 16.5. The van der Waals surface area contributed by atoms with Crippen LogP contribution in [-0.4, -0.2) is 91.7 Å². The van der Waals surface area contributed by atoms with Crippen molar-refractivity contribution in [2.24, 2.45) is 11.8 Å². The van der Waals surface area contributed by atoms with E-state index in [0.717, 1.165) is 25.4 Å². The van der Waals surface area contributed by atoms with Crippen LogP contribution in [0.2, 0.25) is 0 Å². The Kier molecular flexibility index (Phi) is 6.41. The van der Waals surface area contributed by atoms with Crippen molar-refractivity contribution in [1.29, 1.82) is 0 Å². The van der Waals surface area contributed by atoms with Crippen LogP contribution >= 0.6 is 23.5 Å². The Hall–Kier alpha value is -0.520. The van der Waals surface area contributed by atoms with Gasteiger partial charge in [0.25, 0.3) is 0 Å². The molecule has 0 aromatic heterocycles. The normalized spacial score (nSPS) is 38.0. The smallest absolute Gasteiger partial charge is 0.321 e. The second-order valence-corrected chi connectivity index (χ2v) is 10.00. The molecule has 0 radical (unpaired) electrons. The quantitative estimate of drug-likeness (QED) is 0.380. The van der Waals surface area contributed by atoms with Gasteiger partial charge in [-0.2, -0.15) is 0 Å². The maximum absolute atomic E-state index is 11.7. The molecular weight excluding hydrogens is 378 g/mol. The van der Waals surface area contributed by atoms with E-state index in [4.69, 9.17) is 0 Å². The Morgan fingerprint density at radius 3 is 2.50 bits per heavy atom. The summed E-state index contributed by atoms with van der Waals surface area (Å²) in [6.07, 6.45) is -1.05.